The number of anilines is 1. The second kappa shape index (κ2) is 6.89. The first kappa shape index (κ1) is 17.1. The normalized spacial score (nSPS) is 21.5. The zero-order valence-corrected chi connectivity index (χ0v) is 14.5. The lowest BCUT2D eigenvalue weighted by molar-refractivity contribution is 0.307. The molecule has 124 valence electrons. The summed E-state index contributed by atoms with van der Waals surface area (Å²) in [6.45, 7) is 2.73. The molecule has 1 aromatic heterocycles. The molecule has 0 spiro atoms. The second-order valence-electron chi connectivity index (χ2n) is 6.22. The van der Waals surface area contributed by atoms with Gasteiger partial charge in [-0.15, -0.1) is 0 Å². The number of hydrogen-bond acceptors (Lipinski definition) is 6. The summed E-state index contributed by atoms with van der Waals surface area (Å²) in [5.74, 6) is 1.10. The van der Waals surface area contributed by atoms with E-state index in [1.54, 1.807) is 10.6 Å². The molecule has 22 heavy (non-hydrogen) atoms. The highest BCUT2D eigenvalue weighted by atomic mass is 32.2. The van der Waals surface area contributed by atoms with E-state index >= 15 is 0 Å². The average Bonchev–Trinajstić information content (AvgIpc) is 2.60. The van der Waals surface area contributed by atoms with Gasteiger partial charge in [0.1, 0.15) is 12.1 Å². The van der Waals surface area contributed by atoms with Crippen LogP contribution >= 0.6 is 0 Å². The first-order valence-electron chi connectivity index (χ1n) is 7.37. The van der Waals surface area contributed by atoms with Crippen molar-refractivity contribution >= 4 is 15.8 Å². The molecule has 1 aliphatic heterocycles. The highest BCUT2D eigenvalue weighted by Gasteiger charge is 2.26. The van der Waals surface area contributed by atoms with E-state index in [1.165, 1.54) is 6.26 Å². The number of hydrogen-bond donors (Lipinski definition) is 0. The van der Waals surface area contributed by atoms with Crippen LogP contribution in [0, 0.1) is 5.92 Å². The third-order valence-electron chi connectivity index (χ3n) is 3.90. The molecule has 7 nitrogen and oxygen atoms in total. The van der Waals surface area contributed by atoms with Crippen LogP contribution in [0.1, 0.15) is 5.69 Å². The molecule has 1 atom stereocenters. The molecular weight excluding hydrogens is 302 g/mol. The number of nitrogens with zero attached hydrogens (tertiary/aromatic N) is 5. The van der Waals surface area contributed by atoms with Crippen molar-refractivity contribution in [3.05, 3.63) is 18.1 Å². The first-order valence-corrected chi connectivity index (χ1v) is 9.22. The molecule has 0 aliphatic carbocycles. The fourth-order valence-corrected chi connectivity index (χ4v) is 3.61. The van der Waals surface area contributed by atoms with Crippen molar-refractivity contribution in [1.29, 1.82) is 0 Å². The number of rotatable bonds is 4. The Kier molecular flexibility index (Phi) is 5.36. The van der Waals surface area contributed by atoms with E-state index < -0.39 is 10.0 Å². The van der Waals surface area contributed by atoms with E-state index in [4.69, 9.17) is 0 Å². The molecule has 0 N–H and O–H groups in total. The van der Waals surface area contributed by atoms with Crippen LogP contribution in [0.15, 0.2) is 12.4 Å². The van der Waals surface area contributed by atoms with Crippen LogP contribution in [0.3, 0.4) is 0 Å². The maximum absolute atomic E-state index is 11.9. The van der Waals surface area contributed by atoms with Gasteiger partial charge in [-0.2, -0.15) is 0 Å². The standard InChI is InChI=1S/C14H25N5O2S/c1-17(2)14-8-13(15-11-16-14)7-12-9-18(3)5-6-19(10-12)22(4,20)21/h8,11-12H,5-7,9-10H2,1-4H3. The number of sulfonamides is 1. The summed E-state index contributed by atoms with van der Waals surface area (Å²) in [6.07, 6.45) is 3.60. The van der Waals surface area contributed by atoms with E-state index in [1.807, 2.05) is 32.1 Å². The van der Waals surface area contributed by atoms with Gasteiger partial charge in [-0.25, -0.2) is 22.7 Å². The van der Waals surface area contributed by atoms with Gasteiger partial charge in [0, 0.05) is 52.0 Å². The van der Waals surface area contributed by atoms with E-state index in [0.29, 0.717) is 13.1 Å². The molecule has 0 amide bonds. The molecule has 0 radical (unpaired) electrons. The van der Waals surface area contributed by atoms with Crippen molar-refractivity contribution in [2.45, 2.75) is 6.42 Å². The van der Waals surface area contributed by atoms with Gasteiger partial charge in [-0.05, 0) is 19.4 Å². The zero-order valence-electron chi connectivity index (χ0n) is 13.7. The lowest BCUT2D eigenvalue weighted by atomic mass is 10.0. The summed E-state index contributed by atoms with van der Waals surface area (Å²) in [5, 5.41) is 0. The maximum Gasteiger partial charge on any atom is 0.211 e. The van der Waals surface area contributed by atoms with E-state index in [-0.39, 0.29) is 5.92 Å². The molecule has 1 saturated heterocycles. The Balaban J connectivity index is 2.14. The highest BCUT2D eigenvalue weighted by Crippen LogP contribution is 2.17. The third-order valence-corrected chi connectivity index (χ3v) is 5.17. The molecule has 1 aromatic rings. The molecule has 1 fully saturated rings. The largest absolute Gasteiger partial charge is 0.363 e. The quantitative estimate of drug-likeness (QED) is 0.770. The lowest BCUT2D eigenvalue weighted by Crippen LogP contribution is -2.35. The molecule has 2 heterocycles. The van der Waals surface area contributed by atoms with Crippen LogP contribution < -0.4 is 4.90 Å². The van der Waals surface area contributed by atoms with Crippen LogP contribution in [0.25, 0.3) is 0 Å². The van der Waals surface area contributed by atoms with Crippen molar-refractivity contribution < 1.29 is 8.42 Å². The minimum atomic E-state index is -3.15. The SMILES string of the molecule is CN1CCN(S(C)(=O)=O)CC(Cc2cc(N(C)C)ncn2)C1. The molecule has 1 unspecified atom stereocenters. The Bertz CT molecular complexity index is 605. The van der Waals surface area contributed by atoms with Gasteiger partial charge >= 0.3 is 0 Å². The Labute approximate surface area is 133 Å². The average molecular weight is 327 g/mol. The maximum atomic E-state index is 11.9. The van der Waals surface area contributed by atoms with Gasteiger partial charge in [0.2, 0.25) is 10.0 Å². The van der Waals surface area contributed by atoms with E-state index in [9.17, 15) is 8.42 Å². The minimum absolute atomic E-state index is 0.229. The summed E-state index contributed by atoms with van der Waals surface area (Å²) in [7, 11) is 2.76. The Hall–Kier alpha value is -1.25. The smallest absolute Gasteiger partial charge is 0.211 e. The van der Waals surface area contributed by atoms with Crippen molar-refractivity contribution in [3.8, 4) is 0 Å². The van der Waals surface area contributed by atoms with Crippen LogP contribution in [0.5, 0.6) is 0 Å². The van der Waals surface area contributed by atoms with Gasteiger partial charge in [0.05, 0.1) is 6.26 Å². The zero-order chi connectivity index (χ0) is 16.3. The van der Waals surface area contributed by atoms with Gasteiger partial charge in [-0.1, -0.05) is 0 Å². The number of likely N-dealkylation sites (N-methyl/N-ethyl adjacent to an activating group) is 1. The van der Waals surface area contributed by atoms with Crippen LogP contribution in [-0.4, -0.2) is 81.2 Å². The topological polar surface area (TPSA) is 69.6 Å². The van der Waals surface area contributed by atoms with E-state index in [2.05, 4.69) is 14.9 Å². The fraction of sp³-hybridized carbons (Fsp3) is 0.714. The molecule has 1 aliphatic rings. The van der Waals surface area contributed by atoms with E-state index in [0.717, 1.165) is 31.0 Å². The molecule has 0 aromatic carbocycles. The number of aromatic nitrogens is 2. The van der Waals surface area contributed by atoms with Crippen LogP contribution in [-0.2, 0) is 16.4 Å². The lowest BCUT2D eigenvalue weighted by Gasteiger charge is -2.22. The fourth-order valence-electron chi connectivity index (χ4n) is 2.72. The Morgan fingerprint density at radius 2 is 2.00 bits per heavy atom. The molecular formula is C14H25N5O2S. The summed E-state index contributed by atoms with van der Waals surface area (Å²) >= 11 is 0. The molecule has 2 rings (SSSR count). The van der Waals surface area contributed by atoms with Crippen LogP contribution in [0.4, 0.5) is 5.82 Å². The highest BCUT2D eigenvalue weighted by molar-refractivity contribution is 7.88. The van der Waals surface area contributed by atoms with Crippen LogP contribution in [0.2, 0.25) is 0 Å². The first-order chi connectivity index (χ1) is 10.3. The van der Waals surface area contributed by atoms with Crippen molar-refractivity contribution in [2.24, 2.45) is 5.92 Å². The van der Waals surface area contributed by atoms with Gasteiger partial charge in [0.15, 0.2) is 0 Å². The van der Waals surface area contributed by atoms with Gasteiger partial charge in [0.25, 0.3) is 0 Å². The van der Waals surface area contributed by atoms with Crippen molar-refractivity contribution in [3.63, 3.8) is 0 Å². The molecule has 8 heteroatoms. The van der Waals surface area contributed by atoms with Gasteiger partial charge < -0.3 is 9.80 Å². The third kappa shape index (κ3) is 4.62. The second-order valence-corrected chi connectivity index (χ2v) is 8.20. The Morgan fingerprint density at radius 3 is 2.64 bits per heavy atom. The minimum Gasteiger partial charge on any atom is -0.363 e. The Morgan fingerprint density at radius 1 is 1.27 bits per heavy atom. The summed E-state index contributed by atoms with van der Waals surface area (Å²) in [5.41, 5.74) is 0.951. The predicted molar refractivity (Wildman–Crippen MR) is 87.5 cm³/mol. The van der Waals surface area contributed by atoms with Crippen molar-refractivity contribution in [2.75, 3.05) is 58.5 Å². The summed E-state index contributed by atoms with van der Waals surface area (Å²) in [4.78, 5) is 12.7. The monoisotopic (exact) mass is 327 g/mol. The molecule has 0 bridgehead atoms. The molecule has 0 saturated carbocycles. The van der Waals surface area contributed by atoms with Crippen molar-refractivity contribution in [1.82, 2.24) is 19.2 Å². The summed E-state index contributed by atoms with van der Waals surface area (Å²) in [6, 6.07) is 1.97. The predicted octanol–water partition coefficient (Wildman–Crippen LogP) is -0.0917. The van der Waals surface area contributed by atoms with Gasteiger partial charge in [-0.3, -0.25) is 0 Å². The summed E-state index contributed by atoms with van der Waals surface area (Å²) < 4.78 is 25.3.